The second kappa shape index (κ2) is 12.5. The minimum Gasteiger partial charge on any atom is -0.465 e. The Hall–Kier alpha value is -3.88. The molecule has 2 amide bonds. The van der Waals surface area contributed by atoms with Crippen LogP contribution in [0.2, 0.25) is 0 Å². The smallest absolute Gasteiger partial charge is 0.409 e. The Kier molecular flexibility index (Phi) is 8.67. The second-order valence-corrected chi connectivity index (χ2v) is 10.7. The molecule has 0 bridgehead atoms. The van der Waals surface area contributed by atoms with Gasteiger partial charge in [0.15, 0.2) is 0 Å². The van der Waals surface area contributed by atoms with Crippen LogP contribution in [0.5, 0.6) is 0 Å². The lowest BCUT2D eigenvalue weighted by atomic mass is 9.83. The third kappa shape index (κ3) is 5.83. The van der Waals surface area contributed by atoms with Crippen molar-refractivity contribution in [3.05, 3.63) is 54.1 Å². The van der Waals surface area contributed by atoms with Crippen LogP contribution >= 0.6 is 0 Å². The first-order valence-electron chi connectivity index (χ1n) is 14.4. The average Bonchev–Trinajstić information content (AvgIpc) is 3.37. The maximum Gasteiger partial charge on any atom is 0.409 e. The molecule has 2 fully saturated rings. The number of carbonyl (C=O) groups excluding carboxylic acids is 3. The quantitative estimate of drug-likeness (QED) is 0.401. The van der Waals surface area contributed by atoms with Gasteiger partial charge in [-0.15, -0.1) is 0 Å². The number of amides is 2. The molecule has 40 heavy (non-hydrogen) atoms. The van der Waals surface area contributed by atoms with Crippen LogP contribution < -0.4 is 5.32 Å². The van der Waals surface area contributed by atoms with Crippen molar-refractivity contribution in [2.75, 3.05) is 26.8 Å². The van der Waals surface area contributed by atoms with E-state index >= 15 is 0 Å². The van der Waals surface area contributed by atoms with Crippen molar-refractivity contribution in [2.45, 2.75) is 64.0 Å². The highest BCUT2D eigenvalue weighted by Gasteiger charge is 2.36. The lowest BCUT2D eigenvalue weighted by Crippen LogP contribution is -2.49. The summed E-state index contributed by atoms with van der Waals surface area (Å²) < 4.78 is 12.1. The number of imidazole rings is 1. The highest BCUT2D eigenvalue weighted by molar-refractivity contribution is 5.91. The first kappa shape index (κ1) is 27.7. The number of benzene rings is 2. The molecule has 1 aliphatic heterocycles. The SMILES string of the molecule is CCOC(=O)N1CCC(NC(=O)C(C2CCCCC2)n2c(-c3ccc(C(=O)OC)cc3)nc3ccccc32)CC1. The summed E-state index contributed by atoms with van der Waals surface area (Å²) in [4.78, 5) is 45.1. The van der Waals surface area contributed by atoms with Gasteiger partial charge in [-0.05, 0) is 62.8 Å². The van der Waals surface area contributed by atoms with E-state index in [9.17, 15) is 14.4 Å². The van der Waals surface area contributed by atoms with Crippen molar-refractivity contribution < 1.29 is 23.9 Å². The number of nitrogens with one attached hydrogen (secondary N) is 1. The predicted molar refractivity (Wildman–Crippen MR) is 152 cm³/mol. The van der Waals surface area contributed by atoms with Crippen LogP contribution in [0.1, 0.15) is 68.3 Å². The minimum atomic E-state index is -0.425. The van der Waals surface area contributed by atoms with E-state index in [2.05, 4.69) is 9.88 Å². The van der Waals surface area contributed by atoms with E-state index in [-0.39, 0.29) is 24.0 Å². The molecular formula is C31H38N4O5. The van der Waals surface area contributed by atoms with E-state index in [4.69, 9.17) is 14.5 Å². The number of likely N-dealkylation sites (tertiary alicyclic amines) is 1. The fraction of sp³-hybridized carbons (Fsp3) is 0.484. The molecule has 212 valence electrons. The number of ether oxygens (including phenoxy) is 2. The summed E-state index contributed by atoms with van der Waals surface area (Å²) in [7, 11) is 1.36. The van der Waals surface area contributed by atoms with Crippen molar-refractivity contribution in [1.82, 2.24) is 19.8 Å². The van der Waals surface area contributed by atoms with Gasteiger partial charge >= 0.3 is 12.1 Å². The summed E-state index contributed by atoms with van der Waals surface area (Å²) in [6, 6.07) is 14.7. The van der Waals surface area contributed by atoms with Crippen LogP contribution in [0.25, 0.3) is 22.4 Å². The summed E-state index contributed by atoms with van der Waals surface area (Å²) in [6.45, 7) is 3.27. The van der Waals surface area contributed by atoms with E-state index in [1.54, 1.807) is 24.0 Å². The molecule has 2 aromatic carbocycles. The monoisotopic (exact) mass is 546 g/mol. The van der Waals surface area contributed by atoms with Gasteiger partial charge in [0.05, 0.1) is 30.3 Å². The molecule has 9 nitrogen and oxygen atoms in total. The number of carbonyl (C=O) groups is 3. The van der Waals surface area contributed by atoms with Gasteiger partial charge in [-0.1, -0.05) is 43.5 Å². The fourth-order valence-corrected chi connectivity index (χ4v) is 6.10. The number of rotatable bonds is 7. The highest BCUT2D eigenvalue weighted by atomic mass is 16.6. The van der Waals surface area contributed by atoms with Crippen molar-refractivity contribution in [3.63, 3.8) is 0 Å². The lowest BCUT2D eigenvalue weighted by Gasteiger charge is -2.35. The Balaban J connectivity index is 1.47. The van der Waals surface area contributed by atoms with Crippen LogP contribution in [0.15, 0.2) is 48.5 Å². The molecule has 1 atom stereocenters. The number of para-hydroxylation sites is 2. The molecule has 1 saturated heterocycles. The molecule has 1 unspecified atom stereocenters. The number of nitrogens with zero attached hydrogens (tertiary/aromatic N) is 3. The summed E-state index contributed by atoms with van der Waals surface area (Å²) in [5.74, 6) is 0.491. The van der Waals surface area contributed by atoms with E-state index in [1.807, 2.05) is 36.4 Å². The number of hydrogen-bond donors (Lipinski definition) is 1. The molecule has 3 aromatic rings. The average molecular weight is 547 g/mol. The van der Waals surface area contributed by atoms with Gasteiger partial charge in [-0.25, -0.2) is 14.6 Å². The van der Waals surface area contributed by atoms with Gasteiger partial charge in [-0.2, -0.15) is 0 Å². The molecule has 1 saturated carbocycles. The zero-order valence-electron chi connectivity index (χ0n) is 23.3. The minimum absolute atomic E-state index is 0.00271. The van der Waals surface area contributed by atoms with Crippen LogP contribution in [0.3, 0.4) is 0 Å². The molecule has 5 rings (SSSR count). The number of hydrogen-bond acceptors (Lipinski definition) is 6. The number of fused-ring (bicyclic) bond motifs is 1. The van der Waals surface area contributed by atoms with E-state index in [0.29, 0.717) is 43.9 Å². The summed E-state index contributed by atoms with van der Waals surface area (Å²) in [5, 5.41) is 3.34. The summed E-state index contributed by atoms with van der Waals surface area (Å²) in [5.41, 5.74) is 3.04. The molecular weight excluding hydrogens is 508 g/mol. The van der Waals surface area contributed by atoms with E-state index in [0.717, 1.165) is 42.3 Å². The molecule has 1 N–H and O–H groups in total. The third-order valence-corrected chi connectivity index (χ3v) is 8.17. The topological polar surface area (TPSA) is 103 Å². The number of esters is 1. The van der Waals surface area contributed by atoms with Crippen molar-refractivity contribution in [2.24, 2.45) is 5.92 Å². The number of piperidine rings is 1. The predicted octanol–water partition coefficient (Wildman–Crippen LogP) is 5.35. The summed E-state index contributed by atoms with van der Waals surface area (Å²) in [6.07, 6.45) is 6.43. The molecule has 2 aliphatic rings. The van der Waals surface area contributed by atoms with Gasteiger partial charge in [-0.3, -0.25) is 4.79 Å². The first-order valence-corrected chi connectivity index (χ1v) is 14.4. The zero-order valence-corrected chi connectivity index (χ0v) is 23.3. The number of aromatic nitrogens is 2. The van der Waals surface area contributed by atoms with Crippen LogP contribution in [0, 0.1) is 5.92 Å². The molecule has 1 aliphatic carbocycles. The third-order valence-electron chi connectivity index (χ3n) is 8.17. The largest absolute Gasteiger partial charge is 0.465 e. The van der Waals surface area contributed by atoms with Gasteiger partial charge < -0.3 is 24.3 Å². The Morgan fingerprint density at radius 1 is 0.975 bits per heavy atom. The van der Waals surface area contributed by atoms with Crippen molar-refractivity contribution in [3.8, 4) is 11.4 Å². The van der Waals surface area contributed by atoms with Crippen LogP contribution in [-0.2, 0) is 14.3 Å². The van der Waals surface area contributed by atoms with Gasteiger partial charge in [0.25, 0.3) is 0 Å². The maximum absolute atomic E-state index is 14.2. The van der Waals surface area contributed by atoms with Crippen molar-refractivity contribution >= 4 is 29.0 Å². The molecule has 9 heteroatoms. The summed E-state index contributed by atoms with van der Waals surface area (Å²) >= 11 is 0. The van der Waals surface area contributed by atoms with Crippen LogP contribution in [0.4, 0.5) is 4.79 Å². The Bertz CT molecular complexity index is 1340. The lowest BCUT2D eigenvalue weighted by molar-refractivity contribution is -0.127. The molecule has 2 heterocycles. The Morgan fingerprint density at radius 3 is 2.35 bits per heavy atom. The van der Waals surface area contributed by atoms with Crippen molar-refractivity contribution in [1.29, 1.82) is 0 Å². The molecule has 0 radical (unpaired) electrons. The fourth-order valence-electron chi connectivity index (χ4n) is 6.10. The zero-order chi connectivity index (χ0) is 28.1. The van der Waals surface area contributed by atoms with Gasteiger partial charge in [0.1, 0.15) is 11.9 Å². The maximum atomic E-state index is 14.2. The standard InChI is InChI=1S/C31H38N4O5/c1-3-40-31(38)34-19-17-24(18-20-34)32-29(36)27(21-9-5-4-6-10-21)35-26-12-8-7-11-25(26)33-28(35)22-13-15-23(16-14-22)30(37)39-2/h7-8,11-16,21,24,27H,3-6,9-10,17-20H2,1-2H3,(H,32,36). The molecule has 0 spiro atoms. The Morgan fingerprint density at radius 2 is 1.68 bits per heavy atom. The first-order chi connectivity index (χ1) is 19.5. The second-order valence-electron chi connectivity index (χ2n) is 10.7. The van der Waals surface area contributed by atoms with E-state index in [1.165, 1.54) is 13.5 Å². The van der Waals surface area contributed by atoms with Crippen LogP contribution in [-0.4, -0.2) is 65.3 Å². The normalized spacial score (nSPS) is 17.4. The van der Waals surface area contributed by atoms with Gasteiger partial charge in [0, 0.05) is 24.7 Å². The highest BCUT2D eigenvalue weighted by Crippen LogP contribution is 2.38. The van der Waals surface area contributed by atoms with E-state index < -0.39 is 12.0 Å². The Labute approximate surface area is 234 Å². The molecule has 1 aromatic heterocycles. The number of methoxy groups -OCH3 is 1. The van der Waals surface area contributed by atoms with Gasteiger partial charge in [0.2, 0.25) is 5.91 Å².